The van der Waals surface area contributed by atoms with Crippen molar-refractivity contribution in [3.8, 4) is 6.19 Å². The maximum atomic E-state index is 13.6. The lowest BCUT2D eigenvalue weighted by molar-refractivity contribution is -0.132. The summed E-state index contributed by atoms with van der Waals surface area (Å²) in [5.74, 6) is 0.318. The number of guanidine groups is 1. The summed E-state index contributed by atoms with van der Waals surface area (Å²) in [7, 11) is 3.92. The van der Waals surface area contributed by atoms with Gasteiger partial charge in [0.25, 0.3) is 0 Å². The predicted molar refractivity (Wildman–Crippen MR) is 157 cm³/mol. The molecule has 0 saturated carbocycles. The fraction of sp³-hybridized carbons (Fsp3) is 0.467. The van der Waals surface area contributed by atoms with Crippen molar-refractivity contribution in [3.63, 3.8) is 0 Å². The van der Waals surface area contributed by atoms with Crippen molar-refractivity contribution in [3.05, 3.63) is 59.4 Å². The topological polar surface area (TPSA) is 107 Å². The second kappa shape index (κ2) is 13.5. The molecule has 2 aliphatic rings. The van der Waals surface area contributed by atoms with Gasteiger partial charge in [0.05, 0.1) is 11.7 Å². The predicted octanol–water partition coefficient (Wildman–Crippen LogP) is 3.59. The third kappa shape index (κ3) is 7.52. The Balaban J connectivity index is 1.51. The van der Waals surface area contributed by atoms with Gasteiger partial charge in [-0.25, -0.2) is 14.2 Å². The van der Waals surface area contributed by atoms with Crippen molar-refractivity contribution in [1.82, 2.24) is 24.9 Å². The van der Waals surface area contributed by atoms with Crippen molar-refractivity contribution >= 4 is 29.3 Å². The molecule has 3 amide bonds. The summed E-state index contributed by atoms with van der Waals surface area (Å²) in [4.78, 5) is 38.3. The lowest BCUT2D eigenvalue weighted by atomic mass is 9.97. The molecule has 1 unspecified atom stereocenters. The highest BCUT2D eigenvalue weighted by molar-refractivity contribution is 5.90. The molecule has 4 rings (SSSR count). The number of halogens is 1. The molecule has 0 aliphatic carbocycles. The first-order valence-electron chi connectivity index (χ1n) is 14.0. The highest BCUT2D eigenvalue weighted by atomic mass is 19.1. The molecule has 2 aromatic rings. The van der Waals surface area contributed by atoms with E-state index < -0.39 is 5.82 Å². The number of fused-ring (bicyclic) bond motifs is 1. The van der Waals surface area contributed by atoms with E-state index in [0.717, 1.165) is 16.8 Å². The van der Waals surface area contributed by atoms with E-state index in [1.807, 2.05) is 48.3 Å². The quantitative estimate of drug-likeness (QED) is 0.241. The highest BCUT2D eigenvalue weighted by Gasteiger charge is 2.34. The molecule has 1 saturated heterocycles. The van der Waals surface area contributed by atoms with Crippen LogP contribution in [0.1, 0.15) is 31.4 Å². The SMILES string of the molecule is CC(C)C1CN(C(=O)Nc2cccc(F)c2)CCN1C(=Nc1cccc2c1CCN(C(=O)CCN(C)C)C2)NC#N. The summed E-state index contributed by atoms with van der Waals surface area (Å²) in [6.45, 7) is 7.32. The maximum Gasteiger partial charge on any atom is 0.321 e. The van der Waals surface area contributed by atoms with Crippen LogP contribution < -0.4 is 10.6 Å². The highest BCUT2D eigenvalue weighted by Crippen LogP contribution is 2.30. The Morgan fingerprint density at radius 2 is 1.93 bits per heavy atom. The smallest absolute Gasteiger partial charge is 0.321 e. The first-order chi connectivity index (χ1) is 19.7. The van der Waals surface area contributed by atoms with Gasteiger partial charge in [0.15, 0.2) is 6.19 Å². The van der Waals surface area contributed by atoms with Gasteiger partial charge >= 0.3 is 6.03 Å². The van der Waals surface area contributed by atoms with E-state index in [2.05, 4.69) is 29.4 Å². The summed E-state index contributed by atoms with van der Waals surface area (Å²) < 4.78 is 13.6. The van der Waals surface area contributed by atoms with Gasteiger partial charge < -0.3 is 24.9 Å². The number of carbonyl (C=O) groups is 2. The molecule has 0 aromatic heterocycles. The van der Waals surface area contributed by atoms with Crippen LogP contribution in [0.3, 0.4) is 0 Å². The Bertz CT molecular complexity index is 1320. The second-order valence-corrected chi connectivity index (χ2v) is 11.1. The molecule has 0 spiro atoms. The first-order valence-corrected chi connectivity index (χ1v) is 14.0. The van der Waals surface area contributed by atoms with Crippen LogP contribution in [0.5, 0.6) is 0 Å². The molecular formula is C30H39FN8O2. The van der Waals surface area contributed by atoms with E-state index >= 15 is 0 Å². The number of nitrogens with zero attached hydrogens (tertiary/aromatic N) is 6. The van der Waals surface area contributed by atoms with Gasteiger partial charge in [0.1, 0.15) is 5.82 Å². The molecule has 41 heavy (non-hydrogen) atoms. The van der Waals surface area contributed by atoms with Crippen molar-refractivity contribution < 1.29 is 14.0 Å². The number of amides is 3. The van der Waals surface area contributed by atoms with Gasteiger partial charge in [-0.3, -0.25) is 10.1 Å². The molecule has 2 heterocycles. The molecule has 0 radical (unpaired) electrons. The lowest BCUT2D eigenvalue weighted by Gasteiger charge is -2.44. The van der Waals surface area contributed by atoms with Crippen LogP contribution in [0.15, 0.2) is 47.5 Å². The maximum absolute atomic E-state index is 13.6. The number of piperazine rings is 1. The van der Waals surface area contributed by atoms with Gasteiger partial charge in [-0.15, -0.1) is 0 Å². The fourth-order valence-corrected chi connectivity index (χ4v) is 5.31. The van der Waals surface area contributed by atoms with Crippen LogP contribution in [0.2, 0.25) is 0 Å². The molecular weight excluding hydrogens is 523 g/mol. The molecule has 1 fully saturated rings. The van der Waals surface area contributed by atoms with Crippen LogP contribution in [-0.4, -0.2) is 90.4 Å². The number of urea groups is 1. The lowest BCUT2D eigenvalue weighted by Crippen LogP contribution is -2.60. The first kappa shape index (κ1) is 29.8. The van der Waals surface area contributed by atoms with Gasteiger partial charge in [-0.2, -0.15) is 5.26 Å². The minimum absolute atomic E-state index is 0.106. The van der Waals surface area contributed by atoms with E-state index in [4.69, 9.17) is 4.99 Å². The molecule has 2 N–H and O–H groups in total. The van der Waals surface area contributed by atoms with Crippen LogP contribution in [0.4, 0.5) is 20.6 Å². The van der Waals surface area contributed by atoms with Gasteiger partial charge in [0.2, 0.25) is 11.9 Å². The number of rotatable bonds is 6. The Morgan fingerprint density at radius 1 is 1.15 bits per heavy atom. The molecule has 0 bridgehead atoms. The van der Waals surface area contributed by atoms with E-state index in [9.17, 15) is 19.2 Å². The Morgan fingerprint density at radius 3 is 2.63 bits per heavy atom. The number of carbonyl (C=O) groups excluding carboxylic acids is 2. The summed E-state index contributed by atoms with van der Waals surface area (Å²) in [6.07, 6.45) is 3.20. The normalized spacial score (nSPS) is 17.4. The minimum Gasteiger partial charge on any atom is -0.338 e. The monoisotopic (exact) mass is 562 g/mol. The zero-order valence-corrected chi connectivity index (χ0v) is 24.2. The second-order valence-electron chi connectivity index (χ2n) is 11.1. The van der Waals surface area contributed by atoms with Crippen LogP contribution in [0.25, 0.3) is 0 Å². The number of aliphatic imine (C=N–C) groups is 1. The Labute approximate surface area is 241 Å². The van der Waals surface area contributed by atoms with Gasteiger partial charge in [-0.1, -0.05) is 32.0 Å². The number of benzene rings is 2. The Hall–Kier alpha value is -4.17. The van der Waals surface area contributed by atoms with Crippen molar-refractivity contribution in [2.45, 2.75) is 39.3 Å². The molecule has 2 aromatic carbocycles. The van der Waals surface area contributed by atoms with E-state index in [-0.39, 0.29) is 23.9 Å². The number of nitriles is 1. The molecule has 2 aliphatic heterocycles. The third-order valence-electron chi connectivity index (χ3n) is 7.58. The van der Waals surface area contributed by atoms with Crippen molar-refractivity contribution in [2.24, 2.45) is 10.9 Å². The summed E-state index contributed by atoms with van der Waals surface area (Å²) >= 11 is 0. The van der Waals surface area contributed by atoms with E-state index in [0.29, 0.717) is 63.8 Å². The zero-order valence-electron chi connectivity index (χ0n) is 24.2. The average molecular weight is 563 g/mol. The molecule has 218 valence electrons. The molecule has 11 heteroatoms. The van der Waals surface area contributed by atoms with Gasteiger partial charge in [-0.05, 0) is 61.8 Å². The average Bonchev–Trinajstić information content (AvgIpc) is 2.95. The Kier molecular flexibility index (Phi) is 9.78. The van der Waals surface area contributed by atoms with Crippen LogP contribution >= 0.6 is 0 Å². The van der Waals surface area contributed by atoms with Crippen molar-refractivity contribution in [1.29, 1.82) is 5.26 Å². The largest absolute Gasteiger partial charge is 0.338 e. The number of hydrogen-bond donors (Lipinski definition) is 2. The minimum atomic E-state index is -0.414. The van der Waals surface area contributed by atoms with E-state index in [1.165, 1.54) is 12.1 Å². The number of nitrogens with one attached hydrogen (secondary N) is 2. The number of hydrogen-bond acceptors (Lipinski definition) is 5. The summed E-state index contributed by atoms with van der Waals surface area (Å²) in [5.41, 5.74) is 3.31. The van der Waals surface area contributed by atoms with Crippen LogP contribution in [-0.2, 0) is 17.8 Å². The standard InChI is InChI=1S/C30H39FN8O2/c1-21(2)27-19-38(30(41)34-24-9-6-8-23(31)17-24)15-16-39(27)29(33-20-32)35-26-10-5-7-22-18-37(14-11-25(22)26)28(40)12-13-36(3)4/h5-10,17,21,27H,11-16,18-19H2,1-4H3,(H,33,35)(H,34,41). The van der Waals surface area contributed by atoms with E-state index in [1.54, 1.807) is 17.0 Å². The van der Waals surface area contributed by atoms with Crippen molar-refractivity contribution in [2.75, 3.05) is 52.1 Å². The van der Waals surface area contributed by atoms with Crippen LogP contribution in [0, 0.1) is 23.2 Å². The molecule has 1 atom stereocenters. The molecule has 10 nitrogen and oxygen atoms in total. The fourth-order valence-electron chi connectivity index (χ4n) is 5.31. The zero-order chi connectivity index (χ0) is 29.5. The summed E-state index contributed by atoms with van der Waals surface area (Å²) in [5, 5.41) is 15.2. The third-order valence-corrected chi connectivity index (χ3v) is 7.58. The number of anilines is 1. The van der Waals surface area contributed by atoms with Gasteiger partial charge in [0, 0.05) is 51.4 Å². The summed E-state index contributed by atoms with van der Waals surface area (Å²) in [6, 6.07) is 11.3.